The van der Waals surface area contributed by atoms with Crippen molar-refractivity contribution in [2.75, 3.05) is 7.11 Å². The molecule has 4 aliphatic rings. The van der Waals surface area contributed by atoms with E-state index in [0.717, 1.165) is 23.4 Å². The number of nitrogens with zero attached hydrogens (tertiary/aromatic N) is 2. The highest BCUT2D eigenvalue weighted by Gasteiger charge is 2.52. The van der Waals surface area contributed by atoms with Gasteiger partial charge in [-0.3, -0.25) is 9.89 Å². The van der Waals surface area contributed by atoms with E-state index in [1.165, 1.54) is 51.8 Å². The molecule has 0 radical (unpaired) electrons. The molecule has 152 valence electrons. The molecule has 4 saturated carbocycles. The number of aromatic hydroxyl groups is 1. The van der Waals surface area contributed by atoms with Crippen LogP contribution in [0, 0.1) is 17.8 Å². The molecule has 1 heterocycles. The second kappa shape index (κ2) is 6.90. The van der Waals surface area contributed by atoms with Gasteiger partial charge in [-0.1, -0.05) is 6.07 Å². The van der Waals surface area contributed by atoms with Crippen LogP contribution in [0.2, 0.25) is 0 Å². The van der Waals surface area contributed by atoms with E-state index in [9.17, 15) is 9.90 Å². The first-order valence-corrected chi connectivity index (χ1v) is 10.3. The van der Waals surface area contributed by atoms with Crippen molar-refractivity contribution < 1.29 is 14.6 Å². The number of hydrazone groups is 1. The van der Waals surface area contributed by atoms with Crippen LogP contribution in [-0.2, 0) is 5.41 Å². The van der Waals surface area contributed by atoms with Gasteiger partial charge in [0.05, 0.1) is 13.3 Å². The molecule has 3 N–H and O–H groups in total. The molecule has 0 unspecified atom stereocenters. The summed E-state index contributed by atoms with van der Waals surface area (Å²) in [4.78, 5) is 12.5. The van der Waals surface area contributed by atoms with Gasteiger partial charge in [0.1, 0.15) is 0 Å². The van der Waals surface area contributed by atoms with Gasteiger partial charge >= 0.3 is 0 Å². The maximum atomic E-state index is 12.5. The fourth-order valence-corrected chi connectivity index (χ4v) is 6.18. The Bertz CT molecular complexity index is 929. The van der Waals surface area contributed by atoms with Gasteiger partial charge in [0.25, 0.3) is 5.91 Å². The predicted molar refractivity (Wildman–Crippen MR) is 108 cm³/mol. The molecular weight excluding hydrogens is 368 g/mol. The average molecular weight is 394 g/mol. The third-order valence-electron chi connectivity index (χ3n) is 7.04. The summed E-state index contributed by atoms with van der Waals surface area (Å²) in [6.07, 6.45) is 9.19. The first kappa shape index (κ1) is 18.2. The van der Waals surface area contributed by atoms with Crippen LogP contribution in [0.4, 0.5) is 0 Å². The highest BCUT2D eigenvalue weighted by Crippen LogP contribution is 2.60. The van der Waals surface area contributed by atoms with Crippen molar-refractivity contribution in [1.29, 1.82) is 0 Å². The second-order valence-corrected chi connectivity index (χ2v) is 8.96. The van der Waals surface area contributed by atoms with Crippen molar-refractivity contribution in [2.45, 2.75) is 43.9 Å². The largest absolute Gasteiger partial charge is 0.504 e. The number of H-pyrrole nitrogens is 1. The Morgan fingerprint density at radius 3 is 2.62 bits per heavy atom. The van der Waals surface area contributed by atoms with Crippen LogP contribution in [0.15, 0.2) is 29.4 Å². The van der Waals surface area contributed by atoms with Crippen LogP contribution in [0.1, 0.15) is 60.3 Å². The number of aromatic amines is 1. The van der Waals surface area contributed by atoms with Gasteiger partial charge in [0, 0.05) is 16.7 Å². The monoisotopic (exact) mass is 394 g/mol. The topological polar surface area (TPSA) is 99.6 Å². The molecule has 1 amide bonds. The zero-order valence-electron chi connectivity index (χ0n) is 16.5. The number of aromatic nitrogens is 2. The first-order chi connectivity index (χ1) is 14.1. The van der Waals surface area contributed by atoms with Crippen LogP contribution < -0.4 is 10.2 Å². The van der Waals surface area contributed by atoms with Crippen molar-refractivity contribution in [3.63, 3.8) is 0 Å². The summed E-state index contributed by atoms with van der Waals surface area (Å²) in [5.41, 5.74) is 4.59. The van der Waals surface area contributed by atoms with Crippen LogP contribution >= 0.6 is 0 Å². The molecule has 6 rings (SSSR count). The Balaban J connectivity index is 1.28. The number of methoxy groups -OCH3 is 1. The van der Waals surface area contributed by atoms with Gasteiger partial charge in [-0.15, -0.1) is 0 Å². The Morgan fingerprint density at radius 2 is 1.97 bits per heavy atom. The van der Waals surface area contributed by atoms with Gasteiger partial charge in [-0.25, -0.2) is 5.43 Å². The van der Waals surface area contributed by atoms with Crippen LogP contribution in [-0.4, -0.2) is 34.5 Å². The molecule has 0 spiro atoms. The van der Waals surface area contributed by atoms with Crippen LogP contribution in [0.25, 0.3) is 0 Å². The average Bonchev–Trinajstić information content (AvgIpc) is 3.19. The van der Waals surface area contributed by atoms with Crippen molar-refractivity contribution in [2.24, 2.45) is 22.9 Å². The lowest BCUT2D eigenvalue weighted by molar-refractivity contribution is -0.00721. The summed E-state index contributed by atoms with van der Waals surface area (Å²) < 4.78 is 5.07. The fourth-order valence-electron chi connectivity index (χ4n) is 6.18. The number of para-hydroxylation sites is 1. The van der Waals surface area contributed by atoms with E-state index in [1.54, 1.807) is 18.2 Å². The number of carbonyl (C=O) groups is 1. The number of phenols is 1. The van der Waals surface area contributed by atoms with Gasteiger partial charge < -0.3 is 9.84 Å². The quantitative estimate of drug-likeness (QED) is 0.535. The molecule has 7 heteroatoms. The fraction of sp³-hybridized carbons (Fsp3) is 0.500. The second-order valence-electron chi connectivity index (χ2n) is 8.96. The van der Waals surface area contributed by atoms with E-state index in [4.69, 9.17) is 4.74 Å². The standard InChI is InChI=1S/C22H26N4O3/c1-29-18-4-2-3-16(20(18)27)12-23-26-21(28)17-8-19(25-24-17)22-9-13-5-14(10-22)7-15(6-13)11-22/h2-4,8,12-15,27H,5-7,9-11H2,1H3,(H,24,25)(H,26,28). The lowest BCUT2D eigenvalue weighted by atomic mass is 9.49. The van der Waals surface area contributed by atoms with Crippen LogP contribution in [0.3, 0.4) is 0 Å². The SMILES string of the molecule is COc1cccc(C=NNC(=O)c2cc(C34CC5CC(CC(C5)C3)C4)[nH]n2)c1O. The summed E-state index contributed by atoms with van der Waals surface area (Å²) >= 11 is 0. The number of hydrogen-bond acceptors (Lipinski definition) is 5. The van der Waals surface area contributed by atoms with Crippen molar-refractivity contribution in [3.8, 4) is 11.5 Å². The molecule has 29 heavy (non-hydrogen) atoms. The Kier molecular flexibility index (Phi) is 4.33. The predicted octanol–water partition coefficient (Wildman–Crippen LogP) is 3.36. The van der Waals surface area contributed by atoms with E-state index >= 15 is 0 Å². The number of nitrogens with one attached hydrogen (secondary N) is 2. The number of hydrogen-bond donors (Lipinski definition) is 3. The molecule has 1 aromatic carbocycles. The van der Waals surface area contributed by atoms with E-state index in [2.05, 4.69) is 20.7 Å². The number of carbonyl (C=O) groups excluding carboxylic acids is 1. The van der Waals surface area contributed by atoms with E-state index in [0.29, 0.717) is 17.0 Å². The lowest BCUT2D eigenvalue weighted by Gasteiger charge is -2.56. The zero-order chi connectivity index (χ0) is 20.0. The molecule has 2 aromatic rings. The summed E-state index contributed by atoms with van der Waals surface area (Å²) in [5, 5.41) is 21.5. The van der Waals surface area contributed by atoms with Gasteiger partial charge in [-0.2, -0.15) is 10.2 Å². The van der Waals surface area contributed by atoms with Gasteiger partial charge in [0.2, 0.25) is 0 Å². The third-order valence-corrected chi connectivity index (χ3v) is 7.04. The molecule has 1 aromatic heterocycles. The molecular formula is C22H26N4O3. The van der Waals surface area contributed by atoms with Crippen molar-refractivity contribution >= 4 is 12.1 Å². The molecule has 4 bridgehead atoms. The van der Waals surface area contributed by atoms with Gasteiger partial charge in [0.15, 0.2) is 17.2 Å². The van der Waals surface area contributed by atoms with E-state index in [1.807, 2.05) is 6.07 Å². The van der Waals surface area contributed by atoms with Crippen molar-refractivity contribution in [1.82, 2.24) is 15.6 Å². The highest BCUT2D eigenvalue weighted by atomic mass is 16.5. The summed E-state index contributed by atoms with van der Waals surface area (Å²) in [6, 6.07) is 6.99. The molecule has 4 fully saturated rings. The summed E-state index contributed by atoms with van der Waals surface area (Å²) in [5.74, 6) is 2.48. The minimum Gasteiger partial charge on any atom is -0.504 e. The van der Waals surface area contributed by atoms with E-state index in [-0.39, 0.29) is 17.1 Å². The normalized spacial score (nSPS) is 30.0. The van der Waals surface area contributed by atoms with Crippen LogP contribution in [0.5, 0.6) is 11.5 Å². The molecule has 0 aliphatic heterocycles. The summed E-state index contributed by atoms with van der Waals surface area (Å²) in [6.45, 7) is 0. The highest BCUT2D eigenvalue weighted by molar-refractivity contribution is 5.93. The smallest absolute Gasteiger partial charge is 0.291 e. The minimum atomic E-state index is -0.365. The number of ether oxygens (including phenoxy) is 1. The molecule has 0 atom stereocenters. The zero-order valence-corrected chi connectivity index (χ0v) is 16.5. The Hall–Kier alpha value is -2.83. The maximum Gasteiger partial charge on any atom is 0.291 e. The van der Waals surface area contributed by atoms with Gasteiger partial charge in [-0.05, 0) is 74.5 Å². The van der Waals surface area contributed by atoms with E-state index < -0.39 is 0 Å². The Labute approximate surface area is 169 Å². The maximum absolute atomic E-state index is 12.5. The number of rotatable bonds is 5. The minimum absolute atomic E-state index is 0.0168. The molecule has 0 saturated heterocycles. The number of phenolic OH excluding ortho intramolecular Hbond substituents is 1. The first-order valence-electron chi connectivity index (χ1n) is 10.3. The Morgan fingerprint density at radius 1 is 1.28 bits per heavy atom. The van der Waals surface area contributed by atoms with Crippen molar-refractivity contribution in [3.05, 3.63) is 41.2 Å². The lowest BCUT2D eigenvalue weighted by Crippen LogP contribution is -2.48. The third kappa shape index (κ3) is 3.18. The number of amides is 1. The molecule has 7 nitrogen and oxygen atoms in total. The summed E-state index contributed by atoms with van der Waals surface area (Å²) in [7, 11) is 1.48. The number of benzene rings is 1. The molecule has 4 aliphatic carbocycles.